The van der Waals surface area contributed by atoms with Crippen LogP contribution in [0.5, 0.6) is 0 Å². The lowest BCUT2D eigenvalue weighted by Crippen LogP contribution is -2.39. The van der Waals surface area contributed by atoms with Gasteiger partial charge in [0.05, 0.1) is 28.1 Å². The van der Waals surface area contributed by atoms with Gasteiger partial charge in [-0.3, -0.25) is 14.9 Å². The first-order valence-electron chi connectivity index (χ1n) is 10.1. The molecular formula is C23H20ClFN4O5S. The number of hydrazone groups is 1. The highest BCUT2D eigenvalue weighted by Gasteiger charge is 2.28. The minimum Gasteiger partial charge on any atom is -0.272 e. The molecule has 0 saturated heterocycles. The Morgan fingerprint density at radius 2 is 1.83 bits per heavy atom. The normalized spacial score (nSPS) is 11.7. The molecule has 0 radical (unpaired) electrons. The van der Waals surface area contributed by atoms with Crippen molar-refractivity contribution in [2.75, 3.05) is 6.54 Å². The molecule has 0 aliphatic rings. The molecule has 1 N–H and O–H groups in total. The number of hydrogen-bond donors (Lipinski definition) is 1. The fraction of sp³-hybridized carbons (Fsp3) is 0.130. The molecule has 0 heterocycles. The zero-order valence-corrected chi connectivity index (χ0v) is 20.0. The van der Waals surface area contributed by atoms with Gasteiger partial charge in [0.1, 0.15) is 5.82 Å². The average molecular weight is 519 g/mol. The van der Waals surface area contributed by atoms with Crippen molar-refractivity contribution >= 4 is 39.4 Å². The van der Waals surface area contributed by atoms with Crippen molar-refractivity contribution in [3.05, 3.63) is 104 Å². The van der Waals surface area contributed by atoms with Crippen LogP contribution in [-0.2, 0) is 21.4 Å². The summed E-state index contributed by atoms with van der Waals surface area (Å²) in [4.78, 5) is 23.0. The van der Waals surface area contributed by atoms with E-state index < -0.39 is 39.8 Å². The quantitative estimate of drug-likeness (QED) is 0.260. The minimum atomic E-state index is -4.23. The number of sulfonamides is 1. The highest BCUT2D eigenvalue weighted by atomic mass is 35.5. The Kier molecular flexibility index (Phi) is 8.28. The molecule has 0 unspecified atom stereocenters. The number of nitro groups is 1. The van der Waals surface area contributed by atoms with E-state index >= 15 is 0 Å². The predicted molar refractivity (Wildman–Crippen MR) is 129 cm³/mol. The van der Waals surface area contributed by atoms with Crippen LogP contribution in [-0.4, -0.2) is 36.3 Å². The molecule has 0 atom stereocenters. The molecule has 0 aliphatic heterocycles. The number of carbonyl (C=O) groups is 1. The van der Waals surface area contributed by atoms with Crippen molar-refractivity contribution in [1.29, 1.82) is 0 Å². The van der Waals surface area contributed by atoms with Crippen LogP contribution in [0.2, 0.25) is 5.02 Å². The molecule has 3 rings (SSSR count). The first kappa shape index (κ1) is 25.9. The first-order valence-corrected chi connectivity index (χ1v) is 12.0. The SMILES string of the molecule is Cc1ccc(S(=O)(=O)N(CC(=O)NN=Cc2ccccc2[N+](=O)[O-])Cc2c(F)cccc2Cl)cc1. The van der Waals surface area contributed by atoms with E-state index in [1.165, 1.54) is 42.5 Å². The van der Waals surface area contributed by atoms with Gasteiger partial charge < -0.3 is 0 Å². The fourth-order valence-electron chi connectivity index (χ4n) is 3.08. The molecule has 35 heavy (non-hydrogen) atoms. The molecule has 182 valence electrons. The van der Waals surface area contributed by atoms with Gasteiger partial charge in [0.25, 0.3) is 11.6 Å². The number of hydrogen-bond acceptors (Lipinski definition) is 6. The fourth-order valence-corrected chi connectivity index (χ4v) is 4.66. The lowest BCUT2D eigenvalue weighted by Gasteiger charge is -2.22. The molecular weight excluding hydrogens is 499 g/mol. The van der Waals surface area contributed by atoms with Gasteiger partial charge in [-0.1, -0.05) is 47.5 Å². The topological polar surface area (TPSA) is 122 Å². The number of aryl methyl sites for hydroxylation is 1. The Balaban J connectivity index is 1.86. The molecule has 0 fully saturated rings. The summed E-state index contributed by atoms with van der Waals surface area (Å²) in [6.07, 6.45) is 1.07. The number of carbonyl (C=O) groups excluding carboxylic acids is 1. The number of nitrogens with zero attached hydrogens (tertiary/aromatic N) is 3. The zero-order chi connectivity index (χ0) is 25.6. The largest absolute Gasteiger partial charge is 0.278 e. The first-order chi connectivity index (χ1) is 16.6. The van der Waals surface area contributed by atoms with Gasteiger partial charge in [0.15, 0.2) is 0 Å². The summed E-state index contributed by atoms with van der Waals surface area (Å²) in [7, 11) is -4.23. The number of halogens is 2. The third-order valence-electron chi connectivity index (χ3n) is 4.90. The summed E-state index contributed by atoms with van der Waals surface area (Å²) in [6.45, 7) is 0.563. The van der Waals surface area contributed by atoms with Gasteiger partial charge in [-0.2, -0.15) is 9.41 Å². The van der Waals surface area contributed by atoms with Gasteiger partial charge in [-0.15, -0.1) is 0 Å². The van der Waals surface area contributed by atoms with Crippen LogP contribution in [0.4, 0.5) is 10.1 Å². The zero-order valence-electron chi connectivity index (χ0n) is 18.4. The van der Waals surface area contributed by atoms with Crippen LogP contribution in [0.25, 0.3) is 0 Å². The maximum absolute atomic E-state index is 14.4. The molecule has 12 heteroatoms. The van der Waals surface area contributed by atoms with Gasteiger partial charge in [-0.25, -0.2) is 18.2 Å². The Morgan fingerprint density at radius 1 is 1.14 bits per heavy atom. The van der Waals surface area contributed by atoms with Crippen molar-refractivity contribution in [3.63, 3.8) is 0 Å². The summed E-state index contributed by atoms with van der Waals surface area (Å²) in [6, 6.07) is 15.6. The van der Waals surface area contributed by atoms with Crippen LogP contribution in [0.1, 0.15) is 16.7 Å². The smallest absolute Gasteiger partial charge is 0.272 e. The Labute approximate surface area is 206 Å². The lowest BCUT2D eigenvalue weighted by atomic mass is 10.2. The molecule has 9 nitrogen and oxygen atoms in total. The molecule has 3 aromatic carbocycles. The van der Waals surface area contributed by atoms with E-state index in [-0.39, 0.29) is 26.7 Å². The van der Waals surface area contributed by atoms with E-state index in [0.717, 1.165) is 22.1 Å². The monoisotopic (exact) mass is 518 g/mol. The lowest BCUT2D eigenvalue weighted by molar-refractivity contribution is -0.385. The Bertz CT molecular complexity index is 1360. The maximum atomic E-state index is 14.4. The second-order valence-corrected chi connectivity index (χ2v) is 9.74. The minimum absolute atomic E-state index is 0.00363. The molecule has 1 amide bonds. The number of benzene rings is 3. The third kappa shape index (κ3) is 6.47. The van der Waals surface area contributed by atoms with E-state index in [1.54, 1.807) is 25.1 Å². The van der Waals surface area contributed by atoms with Crippen molar-refractivity contribution in [1.82, 2.24) is 9.73 Å². The number of para-hydroxylation sites is 1. The van der Waals surface area contributed by atoms with E-state index in [4.69, 9.17) is 11.6 Å². The van der Waals surface area contributed by atoms with Crippen LogP contribution in [0.15, 0.2) is 76.7 Å². The van der Waals surface area contributed by atoms with Crippen molar-refractivity contribution in [2.45, 2.75) is 18.4 Å². The van der Waals surface area contributed by atoms with Crippen LogP contribution >= 0.6 is 11.6 Å². The Morgan fingerprint density at radius 3 is 2.49 bits per heavy atom. The van der Waals surface area contributed by atoms with Gasteiger partial charge >= 0.3 is 0 Å². The third-order valence-corrected chi connectivity index (χ3v) is 7.06. The summed E-state index contributed by atoms with van der Waals surface area (Å²) >= 11 is 6.08. The van der Waals surface area contributed by atoms with Crippen molar-refractivity contribution < 1.29 is 22.5 Å². The molecule has 3 aromatic rings. The van der Waals surface area contributed by atoms with E-state index in [9.17, 15) is 27.7 Å². The highest BCUT2D eigenvalue weighted by molar-refractivity contribution is 7.89. The predicted octanol–water partition coefficient (Wildman–Crippen LogP) is 4.04. The second kappa shape index (κ2) is 11.2. The van der Waals surface area contributed by atoms with Crippen molar-refractivity contribution in [3.8, 4) is 0 Å². The van der Waals surface area contributed by atoms with Crippen molar-refractivity contribution in [2.24, 2.45) is 5.10 Å². The number of amides is 1. The summed E-state index contributed by atoms with van der Waals surface area (Å²) in [5, 5.41) is 14.8. The van der Waals surface area contributed by atoms with Gasteiger partial charge in [-0.05, 0) is 37.3 Å². The molecule has 0 aromatic heterocycles. The van der Waals surface area contributed by atoms with E-state index in [2.05, 4.69) is 10.5 Å². The Hall–Kier alpha value is -3.67. The van der Waals surface area contributed by atoms with Gasteiger partial charge in [0.2, 0.25) is 10.0 Å². The van der Waals surface area contributed by atoms with Crippen LogP contribution < -0.4 is 5.43 Å². The van der Waals surface area contributed by atoms with Crippen LogP contribution in [0.3, 0.4) is 0 Å². The van der Waals surface area contributed by atoms with Gasteiger partial charge in [0, 0.05) is 23.2 Å². The molecule has 0 aliphatic carbocycles. The second-order valence-electron chi connectivity index (χ2n) is 7.40. The summed E-state index contributed by atoms with van der Waals surface area (Å²) in [5.74, 6) is -1.57. The molecule has 0 spiro atoms. The van der Waals surface area contributed by atoms with Crippen LogP contribution in [0, 0.1) is 22.9 Å². The standard InChI is InChI=1S/C23H20ClFN4O5S/c1-16-9-11-18(12-10-16)35(33,34)28(14-19-20(24)6-4-7-21(19)25)15-23(30)27-26-13-17-5-2-3-8-22(17)29(31)32/h2-13H,14-15H2,1H3,(H,27,30). The summed E-state index contributed by atoms with van der Waals surface area (Å²) < 4.78 is 41.8. The molecule has 0 saturated carbocycles. The average Bonchev–Trinajstić information content (AvgIpc) is 2.81. The molecule has 0 bridgehead atoms. The highest BCUT2D eigenvalue weighted by Crippen LogP contribution is 2.25. The van der Waals surface area contributed by atoms with E-state index in [1.807, 2.05) is 0 Å². The number of nitro benzene ring substituents is 1. The van der Waals surface area contributed by atoms with E-state index in [0.29, 0.717) is 0 Å². The number of rotatable bonds is 9. The summed E-state index contributed by atoms with van der Waals surface area (Å²) in [5.41, 5.74) is 2.80. The number of nitrogens with one attached hydrogen (secondary N) is 1. The maximum Gasteiger partial charge on any atom is 0.278 e.